The van der Waals surface area contributed by atoms with Crippen molar-refractivity contribution in [2.75, 3.05) is 0 Å². The van der Waals surface area contributed by atoms with Crippen molar-refractivity contribution >= 4 is 49.8 Å². The van der Waals surface area contributed by atoms with E-state index in [1.54, 1.807) is 0 Å². The first-order valence-corrected chi connectivity index (χ1v) is 14.8. The van der Waals surface area contributed by atoms with Crippen LogP contribution in [0.3, 0.4) is 0 Å². The molecule has 1 aliphatic carbocycles. The van der Waals surface area contributed by atoms with E-state index >= 15 is 0 Å². The van der Waals surface area contributed by atoms with Crippen molar-refractivity contribution in [2.24, 2.45) is 0 Å². The average molecular weight is 552 g/mol. The van der Waals surface area contributed by atoms with Crippen molar-refractivity contribution in [3.63, 3.8) is 0 Å². The van der Waals surface area contributed by atoms with Gasteiger partial charge in [0.1, 0.15) is 11.2 Å². The van der Waals surface area contributed by atoms with Crippen LogP contribution < -0.4 is 0 Å². The molecule has 43 heavy (non-hydrogen) atoms. The van der Waals surface area contributed by atoms with Crippen molar-refractivity contribution in [1.29, 1.82) is 0 Å². The molecule has 3 heterocycles. The van der Waals surface area contributed by atoms with E-state index in [2.05, 4.69) is 143 Å². The lowest BCUT2D eigenvalue weighted by molar-refractivity contribution is 0.669. The van der Waals surface area contributed by atoms with Gasteiger partial charge in [0, 0.05) is 16.7 Å². The van der Waals surface area contributed by atoms with Crippen LogP contribution in [0.4, 0.5) is 0 Å². The average Bonchev–Trinajstić information content (AvgIpc) is 3.77. The molecule has 202 valence electrons. The Bertz CT molecular complexity index is 2550. The van der Waals surface area contributed by atoms with Gasteiger partial charge in [0.2, 0.25) is 5.78 Å². The fourth-order valence-electron chi connectivity index (χ4n) is 7.38. The zero-order chi connectivity index (χ0) is 28.2. The second-order valence-corrected chi connectivity index (χ2v) is 11.7. The molecule has 0 saturated carbocycles. The van der Waals surface area contributed by atoms with Gasteiger partial charge in [0.15, 0.2) is 0 Å². The highest BCUT2D eigenvalue weighted by molar-refractivity contribution is 6.06. The minimum absolute atomic E-state index is 0.182. The Labute approximate surface area is 247 Å². The van der Waals surface area contributed by atoms with Gasteiger partial charge in [-0.25, -0.2) is 4.98 Å². The molecule has 0 amide bonds. The molecule has 0 N–H and O–H groups in total. The van der Waals surface area contributed by atoms with E-state index in [9.17, 15) is 0 Å². The topological polar surface area (TPSA) is 35.4 Å². The number of imidazole rings is 2. The van der Waals surface area contributed by atoms with E-state index in [4.69, 9.17) is 9.40 Å². The number of benzene rings is 6. The number of hydrogen-bond donors (Lipinski definition) is 0. The van der Waals surface area contributed by atoms with Crippen LogP contribution >= 0.6 is 0 Å². The predicted octanol–water partition coefficient (Wildman–Crippen LogP) is 9.80. The summed E-state index contributed by atoms with van der Waals surface area (Å²) in [6, 6.07) is 45.9. The normalized spacial score (nSPS) is 13.1. The lowest BCUT2D eigenvalue weighted by atomic mass is 9.89. The van der Waals surface area contributed by atoms with Gasteiger partial charge < -0.3 is 4.42 Å². The van der Waals surface area contributed by atoms with Gasteiger partial charge in [-0.15, -0.1) is 0 Å². The molecule has 3 aromatic heterocycles. The summed E-state index contributed by atoms with van der Waals surface area (Å²) in [7, 11) is 0. The summed E-state index contributed by atoms with van der Waals surface area (Å²) in [5.41, 5.74) is 15.1. The second kappa shape index (κ2) is 8.24. The molecule has 0 radical (unpaired) electrons. The quantitative estimate of drug-likeness (QED) is 0.214. The fourth-order valence-corrected chi connectivity index (χ4v) is 7.38. The molecule has 0 aliphatic heterocycles. The summed E-state index contributed by atoms with van der Waals surface area (Å²) >= 11 is 0. The van der Waals surface area contributed by atoms with E-state index in [1.165, 1.54) is 33.4 Å². The summed E-state index contributed by atoms with van der Waals surface area (Å²) in [5, 5.41) is 2.25. The monoisotopic (exact) mass is 551 g/mol. The Kier molecular flexibility index (Phi) is 4.41. The Morgan fingerprint density at radius 2 is 1.30 bits per heavy atom. The number of para-hydroxylation sites is 2. The highest BCUT2D eigenvalue weighted by Crippen LogP contribution is 2.48. The number of furan rings is 1. The number of aromatic nitrogens is 3. The maximum absolute atomic E-state index is 6.20. The molecule has 6 aromatic carbocycles. The van der Waals surface area contributed by atoms with Gasteiger partial charge >= 0.3 is 0 Å². The minimum Gasteiger partial charge on any atom is -0.456 e. The zero-order valence-electron chi connectivity index (χ0n) is 23.5. The van der Waals surface area contributed by atoms with Gasteiger partial charge in [-0.1, -0.05) is 78.4 Å². The number of rotatable bonds is 2. The van der Waals surface area contributed by atoms with E-state index in [1.807, 2.05) is 0 Å². The number of nitrogens with zero attached hydrogens (tertiary/aromatic N) is 3. The predicted molar refractivity (Wildman–Crippen MR) is 174 cm³/mol. The van der Waals surface area contributed by atoms with Crippen LogP contribution in [0.15, 0.2) is 132 Å². The van der Waals surface area contributed by atoms with Crippen LogP contribution in [0.5, 0.6) is 0 Å². The largest absolute Gasteiger partial charge is 0.456 e. The smallest absolute Gasteiger partial charge is 0.220 e. The van der Waals surface area contributed by atoms with Crippen molar-refractivity contribution in [3.05, 3.63) is 150 Å². The van der Waals surface area contributed by atoms with Crippen LogP contribution in [0, 0.1) is 6.92 Å². The first-order valence-electron chi connectivity index (χ1n) is 14.8. The summed E-state index contributed by atoms with van der Waals surface area (Å²) < 4.78 is 10.8. The van der Waals surface area contributed by atoms with Crippen LogP contribution in [-0.4, -0.2) is 14.0 Å². The first kappa shape index (κ1) is 23.0. The van der Waals surface area contributed by atoms with Gasteiger partial charge in [0.05, 0.1) is 27.8 Å². The Morgan fingerprint density at radius 3 is 2.12 bits per heavy atom. The maximum Gasteiger partial charge on any atom is 0.220 e. The highest BCUT2D eigenvalue weighted by atomic mass is 16.3. The van der Waals surface area contributed by atoms with Gasteiger partial charge in [-0.3, -0.25) is 8.97 Å². The molecule has 9 aromatic rings. The van der Waals surface area contributed by atoms with Crippen molar-refractivity contribution in [3.8, 4) is 16.8 Å². The molecular weight excluding hydrogens is 526 g/mol. The third-order valence-corrected chi connectivity index (χ3v) is 9.26. The van der Waals surface area contributed by atoms with Gasteiger partial charge in [0.25, 0.3) is 0 Å². The van der Waals surface area contributed by atoms with Crippen LogP contribution in [-0.2, 0) is 0 Å². The molecule has 4 heteroatoms. The van der Waals surface area contributed by atoms with Crippen LogP contribution in [0.2, 0.25) is 0 Å². The summed E-state index contributed by atoms with van der Waals surface area (Å²) in [6.07, 6.45) is 0. The molecule has 0 unspecified atom stereocenters. The third-order valence-electron chi connectivity index (χ3n) is 9.26. The molecule has 0 fully saturated rings. The van der Waals surface area contributed by atoms with Crippen molar-refractivity contribution in [2.45, 2.75) is 12.8 Å². The van der Waals surface area contributed by atoms with Crippen LogP contribution in [0.1, 0.15) is 28.2 Å². The second-order valence-electron chi connectivity index (χ2n) is 11.7. The number of aryl methyl sites for hydroxylation is 1. The molecule has 0 bridgehead atoms. The van der Waals surface area contributed by atoms with Gasteiger partial charge in [-0.05, 0) is 89.3 Å². The van der Waals surface area contributed by atoms with E-state index in [0.717, 1.165) is 55.5 Å². The lowest BCUT2D eigenvalue weighted by Crippen LogP contribution is -2.00. The Balaban J connectivity index is 1.27. The van der Waals surface area contributed by atoms with Gasteiger partial charge in [-0.2, -0.15) is 0 Å². The number of fused-ring (bicyclic) bond motifs is 11. The molecule has 0 atom stereocenters. The zero-order valence-corrected chi connectivity index (χ0v) is 23.5. The molecule has 4 nitrogen and oxygen atoms in total. The standard InChI is InChI=1S/C39H25N3O/c1-23-14-18-36-30(20-23)31-22-25(16-19-37(31)43-36)41-34-17-15-24(21-35(34)42-33-13-7-6-12-32(33)40-39(41)42)38-28-10-4-2-8-26(28)27-9-3-5-11-29(27)38/h2-22,38H,1H3. The summed E-state index contributed by atoms with van der Waals surface area (Å²) in [5.74, 6) is 1.09. The summed E-state index contributed by atoms with van der Waals surface area (Å²) in [4.78, 5) is 5.17. The minimum atomic E-state index is 0.182. The molecule has 1 aliphatic rings. The van der Waals surface area contributed by atoms with E-state index < -0.39 is 0 Å². The third kappa shape index (κ3) is 3.07. The highest BCUT2D eigenvalue weighted by Gasteiger charge is 2.30. The molecule has 0 saturated heterocycles. The first-order chi connectivity index (χ1) is 21.2. The van der Waals surface area contributed by atoms with E-state index in [0.29, 0.717) is 0 Å². The lowest BCUT2D eigenvalue weighted by Gasteiger charge is -2.15. The summed E-state index contributed by atoms with van der Waals surface area (Å²) in [6.45, 7) is 2.12. The van der Waals surface area contributed by atoms with E-state index in [-0.39, 0.29) is 5.92 Å². The van der Waals surface area contributed by atoms with Crippen molar-refractivity contribution < 1.29 is 4.42 Å². The fraction of sp³-hybridized carbons (Fsp3) is 0.0513. The van der Waals surface area contributed by atoms with Crippen molar-refractivity contribution in [1.82, 2.24) is 14.0 Å². The molecular formula is C39H25N3O. The Hall–Kier alpha value is -5.61. The molecule has 0 spiro atoms. The maximum atomic E-state index is 6.20. The SMILES string of the molecule is Cc1ccc2oc3ccc(-n4c5ccc(C6c7ccccc7-c7ccccc76)cc5n5c6ccccc6nc45)cc3c2c1. The molecule has 10 rings (SSSR count). The van der Waals surface area contributed by atoms with Crippen LogP contribution in [0.25, 0.3) is 66.6 Å². The Morgan fingerprint density at radius 1 is 0.605 bits per heavy atom. The number of hydrogen-bond acceptors (Lipinski definition) is 2.